The summed E-state index contributed by atoms with van der Waals surface area (Å²) >= 11 is 6.31. The molecule has 3 heterocycles. The fourth-order valence-electron chi connectivity index (χ4n) is 4.79. The average molecular weight is 414 g/mol. The molecule has 0 amide bonds. The van der Waals surface area contributed by atoms with Crippen molar-refractivity contribution in [3.05, 3.63) is 64.4 Å². The van der Waals surface area contributed by atoms with Crippen molar-refractivity contribution in [2.24, 2.45) is 5.10 Å². The Kier molecular flexibility index (Phi) is 4.56. The van der Waals surface area contributed by atoms with Gasteiger partial charge in [-0.1, -0.05) is 23.7 Å². The Morgan fingerprint density at radius 3 is 2.55 bits per heavy atom. The van der Waals surface area contributed by atoms with Crippen molar-refractivity contribution in [3.8, 4) is 5.75 Å². The first-order valence-corrected chi connectivity index (χ1v) is 10.7. The minimum absolute atomic E-state index is 0.0862. The van der Waals surface area contributed by atoms with Gasteiger partial charge in [-0.3, -0.25) is 0 Å². The smallest absolute Gasteiger partial charge is 0.200 e. The maximum Gasteiger partial charge on any atom is 0.200 e. The summed E-state index contributed by atoms with van der Waals surface area (Å²) in [6, 6.07) is 13.1. The molecule has 2 aromatic rings. The molecule has 6 heteroatoms. The fraction of sp³-hybridized carbons (Fsp3) is 0.435. The van der Waals surface area contributed by atoms with Crippen molar-refractivity contribution < 1.29 is 9.13 Å². The van der Waals surface area contributed by atoms with Gasteiger partial charge in [0.05, 0.1) is 11.8 Å². The van der Waals surface area contributed by atoms with Gasteiger partial charge in [0.1, 0.15) is 11.6 Å². The zero-order valence-electron chi connectivity index (χ0n) is 16.7. The van der Waals surface area contributed by atoms with Gasteiger partial charge in [0, 0.05) is 49.0 Å². The van der Waals surface area contributed by atoms with Gasteiger partial charge in [0.2, 0.25) is 5.72 Å². The van der Waals surface area contributed by atoms with Crippen molar-refractivity contribution in [2.75, 3.05) is 13.1 Å². The van der Waals surface area contributed by atoms with Crippen LogP contribution in [-0.4, -0.2) is 40.5 Å². The number of nitrogens with zero attached hydrogens (tertiary/aromatic N) is 3. The highest BCUT2D eigenvalue weighted by Crippen LogP contribution is 2.50. The van der Waals surface area contributed by atoms with Crippen LogP contribution in [-0.2, 0) is 0 Å². The minimum atomic E-state index is -0.446. The Morgan fingerprint density at radius 1 is 1.14 bits per heavy atom. The zero-order valence-corrected chi connectivity index (χ0v) is 17.5. The quantitative estimate of drug-likeness (QED) is 0.675. The molecule has 0 saturated carbocycles. The highest BCUT2D eigenvalue weighted by atomic mass is 35.5. The van der Waals surface area contributed by atoms with E-state index >= 15 is 0 Å². The highest BCUT2D eigenvalue weighted by Gasteiger charge is 2.52. The second-order valence-electron chi connectivity index (χ2n) is 8.48. The van der Waals surface area contributed by atoms with Crippen LogP contribution in [0.25, 0.3) is 0 Å². The van der Waals surface area contributed by atoms with E-state index in [1.165, 1.54) is 12.1 Å². The lowest BCUT2D eigenvalue weighted by Gasteiger charge is -2.51. The molecule has 1 atom stereocenters. The second kappa shape index (κ2) is 6.99. The highest BCUT2D eigenvalue weighted by molar-refractivity contribution is 6.30. The van der Waals surface area contributed by atoms with Crippen LogP contribution < -0.4 is 4.74 Å². The number of hydrogen-bond acceptors (Lipinski definition) is 4. The number of halogens is 2. The van der Waals surface area contributed by atoms with Gasteiger partial charge >= 0.3 is 0 Å². The molecule has 152 valence electrons. The number of ether oxygens (including phenoxy) is 1. The van der Waals surface area contributed by atoms with E-state index < -0.39 is 5.72 Å². The summed E-state index contributed by atoms with van der Waals surface area (Å²) in [4.78, 5) is 2.49. The van der Waals surface area contributed by atoms with Crippen LogP contribution in [0.4, 0.5) is 4.39 Å². The summed E-state index contributed by atoms with van der Waals surface area (Å²) in [5, 5.41) is 7.90. The summed E-state index contributed by atoms with van der Waals surface area (Å²) in [7, 11) is 0. The number of piperidine rings is 1. The normalized spacial score (nSPS) is 23.0. The van der Waals surface area contributed by atoms with Gasteiger partial charge in [0.15, 0.2) is 0 Å². The molecule has 2 aromatic carbocycles. The Bertz CT molecular complexity index is 951. The van der Waals surface area contributed by atoms with Crippen LogP contribution in [0.3, 0.4) is 0 Å². The second-order valence-corrected chi connectivity index (χ2v) is 8.91. The third-order valence-corrected chi connectivity index (χ3v) is 6.68. The monoisotopic (exact) mass is 413 g/mol. The van der Waals surface area contributed by atoms with Gasteiger partial charge in [-0.05, 0) is 49.7 Å². The van der Waals surface area contributed by atoms with Gasteiger partial charge in [-0.2, -0.15) is 5.10 Å². The van der Waals surface area contributed by atoms with Crippen molar-refractivity contribution in [1.29, 1.82) is 0 Å². The molecule has 3 aliphatic rings. The number of fused-ring (bicyclic) bond motifs is 4. The number of hydrazone groups is 1. The van der Waals surface area contributed by atoms with Crippen molar-refractivity contribution in [2.45, 2.75) is 50.9 Å². The van der Waals surface area contributed by atoms with Crippen molar-refractivity contribution >= 4 is 17.3 Å². The van der Waals surface area contributed by atoms with Crippen LogP contribution in [0, 0.1) is 5.82 Å². The molecule has 0 N–H and O–H groups in total. The van der Waals surface area contributed by atoms with E-state index in [1.54, 1.807) is 12.1 Å². The summed E-state index contributed by atoms with van der Waals surface area (Å²) in [5.74, 6) is 0.673. The van der Waals surface area contributed by atoms with Gasteiger partial charge in [-0.15, -0.1) is 0 Å². The Labute approximate surface area is 175 Å². The summed E-state index contributed by atoms with van der Waals surface area (Å²) in [6.07, 6.45) is 2.55. The zero-order chi connectivity index (χ0) is 20.2. The predicted molar refractivity (Wildman–Crippen MR) is 113 cm³/mol. The molecule has 1 fully saturated rings. The SMILES string of the molecule is CC(C)N1CCC2(CC1)Oc1ccc(Cl)cc1C1CC(c3ccc(F)cc3)=NN12. The maximum atomic E-state index is 13.4. The van der Waals surface area contributed by atoms with E-state index in [1.807, 2.05) is 18.2 Å². The number of likely N-dealkylation sites (tertiary alicyclic amines) is 1. The lowest BCUT2D eigenvalue weighted by molar-refractivity contribution is -0.152. The van der Waals surface area contributed by atoms with Gasteiger partial charge < -0.3 is 9.64 Å². The summed E-state index contributed by atoms with van der Waals surface area (Å²) in [6.45, 7) is 6.43. The fourth-order valence-corrected chi connectivity index (χ4v) is 4.97. The molecule has 0 aliphatic carbocycles. The summed E-state index contributed by atoms with van der Waals surface area (Å²) in [5.41, 5.74) is 2.56. The van der Waals surface area contributed by atoms with Crippen LogP contribution in [0.15, 0.2) is 47.6 Å². The molecule has 1 spiro atoms. The molecular formula is C23H25ClFN3O. The van der Waals surface area contributed by atoms with E-state index in [4.69, 9.17) is 21.4 Å². The molecular weight excluding hydrogens is 389 g/mol. The van der Waals surface area contributed by atoms with E-state index in [9.17, 15) is 4.39 Å². The first-order chi connectivity index (χ1) is 13.9. The standard InChI is InChI=1S/C23H25ClFN3O/c1-15(2)27-11-9-23(10-12-27)28-21(19-13-17(24)5-8-22(19)29-23)14-20(26-28)16-3-6-18(25)7-4-16/h3-8,13,15,21H,9-12,14H2,1-2H3. The third-order valence-electron chi connectivity index (χ3n) is 6.45. The molecule has 0 aromatic heterocycles. The molecule has 0 bridgehead atoms. The number of rotatable bonds is 2. The lowest BCUT2D eigenvalue weighted by Crippen LogP contribution is -2.59. The maximum absolute atomic E-state index is 13.4. The number of hydrogen-bond donors (Lipinski definition) is 0. The lowest BCUT2D eigenvalue weighted by atomic mass is 9.90. The minimum Gasteiger partial charge on any atom is -0.466 e. The van der Waals surface area contributed by atoms with Gasteiger partial charge in [-0.25, -0.2) is 9.40 Å². The van der Waals surface area contributed by atoms with Crippen LogP contribution >= 0.6 is 11.6 Å². The van der Waals surface area contributed by atoms with E-state index in [2.05, 4.69) is 23.8 Å². The largest absolute Gasteiger partial charge is 0.466 e. The average Bonchev–Trinajstić information content (AvgIpc) is 3.16. The molecule has 0 radical (unpaired) electrons. The van der Waals surface area contributed by atoms with Crippen LogP contribution in [0.1, 0.15) is 50.3 Å². The Balaban J connectivity index is 1.54. The summed E-state index contributed by atoms with van der Waals surface area (Å²) < 4.78 is 20.0. The molecule has 29 heavy (non-hydrogen) atoms. The van der Waals surface area contributed by atoms with Crippen LogP contribution in [0.5, 0.6) is 5.75 Å². The molecule has 1 unspecified atom stereocenters. The van der Waals surface area contributed by atoms with Crippen LogP contribution in [0.2, 0.25) is 5.02 Å². The van der Waals surface area contributed by atoms with E-state index in [0.717, 1.165) is 54.9 Å². The Hall–Kier alpha value is -2.11. The Morgan fingerprint density at radius 2 is 1.86 bits per heavy atom. The first-order valence-electron chi connectivity index (χ1n) is 10.3. The molecule has 5 rings (SSSR count). The van der Waals surface area contributed by atoms with Crippen molar-refractivity contribution in [3.63, 3.8) is 0 Å². The van der Waals surface area contributed by atoms with E-state index in [-0.39, 0.29) is 11.9 Å². The topological polar surface area (TPSA) is 28.1 Å². The predicted octanol–water partition coefficient (Wildman–Crippen LogP) is 5.22. The number of benzene rings is 2. The van der Waals surface area contributed by atoms with Crippen molar-refractivity contribution in [1.82, 2.24) is 9.91 Å². The van der Waals surface area contributed by atoms with Gasteiger partial charge in [0.25, 0.3) is 0 Å². The molecule has 1 saturated heterocycles. The molecule has 4 nitrogen and oxygen atoms in total. The van der Waals surface area contributed by atoms with E-state index in [0.29, 0.717) is 11.1 Å². The molecule has 3 aliphatic heterocycles. The third kappa shape index (κ3) is 3.21. The first kappa shape index (κ1) is 18.9.